The summed E-state index contributed by atoms with van der Waals surface area (Å²) in [6, 6.07) is 7.76. The molecule has 4 fully saturated rings. The fourth-order valence-electron chi connectivity index (χ4n) is 7.19. The lowest BCUT2D eigenvalue weighted by Crippen LogP contribution is -2.49. The monoisotopic (exact) mass is 552 g/mol. The molecule has 0 spiro atoms. The second-order valence-electron chi connectivity index (χ2n) is 12.1. The molecule has 1 aromatic rings. The average Bonchev–Trinajstić information content (AvgIpc) is 3.64. The van der Waals surface area contributed by atoms with Crippen LogP contribution in [-0.2, 0) is 32.3 Å². The standard InChI is InChI=1S/C30H44N6O4/c31-27(37)25-7-3-15-35(25)29(39)23-5-1-13-33(19-23)17-21-9-11-22(12-10-21)18-34-14-2-6-24(20-34)30(40)36-16-4-8-26(36)28(32)38/h9-12,23-26H,1-8,13-20H2,(H2,31,37)(H2,32,38). The van der Waals surface area contributed by atoms with Gasteiger partial charge in [-0.15, -0.1) is 0 Å². The van der Waals surface area contributed by atoms with E-state index in [1.165, 1.54) is 11.1 Å². The molecule has 0 aliphatic carbocycles. The largest absolute Gasteiger partial charge is 0.368 e. The zero-order valence-electron chi connectivity index (χ0n) is 23.5. The van der Waals surface area contributed by atoms with Gasteiger partial charge in [0.15, 0.2) is 0 Å². The topological polar surface area (TPSA) is 133 Å². The number of carbonyl (C=O) groups is 4. The number of amides is 4. The Hall–Kier alpha value is -2.98. The minimum Gasteiger partial charge on any atom is -0.368 e. The predicted molar refractivity (Wildman–Crippen MR) is 150 cm³/mol. The summed E-state index contributed by atoms with van der Waals surface area (Å²) in [4.78, 5) is 58.0. The molecule has 5 rings (SSSR count). The molecule has 4 aliphatic heterocycles. The number of benzene rings is 1. The molecule has 4 aliphatic rings. The molecule has 0 bridgehead atoms. The molecule has 1 aromatic carbocycles. The van der Waals surface area contributed by atoms with Gasteiger partial charge >= 0.3 is 0 Å². The quantitative estimate of drug-likeness (QED) is 0.496. The first-order chi connectivity index (χ1) is 19.3. The van der Waals surface area contributed by atoms with Gasteiger partial charge in [-0.2, -0.15) is 0 Å². The molecule has 10 nitrogen and oxygen atoms in total. The van der Waals surface area contributed by atoms with E-state index >= 15 is 0 Å². The number of hydrogen-bond donors (Lipinski definition) is 2. The van der Waals surface area contributed by atoms with Gasteiger partial charge in [-0.05, 0) is 75.6 Å². The first-order valence-corrected chi connectivity index (χ1v) is 15.0. The Kier molecular flexibility index (Phi) is 9.05. The first kappa shape index (κ1) is 28.5. The van der Waals surface area contributed by atoms with Crippen molar-refractivity contribution in [3.8, 4) is 0 Å². The van der Waals surface area contributed by atoms with Crippen LogP contribution in [0.4, 0.5) is 0 Å². The zero-order chi connectivity index (χ0) is 28.2. The molecular weight excluding hydrogens is 508 g/mol. The summed E-state index contributed by atoms with van der Waals surface area (Å²) in [5, 5.41) is 0. The number of likely N-dealkylation sites (tertiary alicyclic amines) is 4. The van der Waals surface area contributed by atoms with E-state index in [9.17, 15) is 19.2 Å². The van der Waals surface area contributed by atoms with Crippen molar-refractivity contribution in [1.29, 1.82) is 0 Å². The van der Waals surface area contributed by atoms with Crippen LogP contribution in [0.25, 0.3) is 0 Å². The number of nitrogens with two attached hydrogens (primary N) is 2. The van der Waals surface area contributed by atoms with E-state index in [2.05, 4.69) is 34.1 Å². The Bertz CT molecular complexity index is 1010. The number of piperidine rings is 2. The summed E-state index contributed by atoms with van der Waals surface area (Å²) in [6.45, 7) is 6.17. The summed E-state index contributed by atoms with van der Waals surface area (Å²) in [6.07, 6.45) is 6.67. The van der Waals surface area contributed by atoms with Crippen molar-refractivity contribution in [2.75, 3.05) is 39.3 Å². The van der Waals surface area contributed by atoms with E-state index in [4.69, 9.17) is 11.5 Å². The fraction of sp³-hybridized carbons (Fsp3) is 0.667. The first-order valence-electron chi connectivity index (χ1n) is 15.0. The molecule has 0 aromatic heterocycles. The summed E-state index contributed by atoms with van der Waals surface area (Å²) in [7, 11) is 0. The van der Waals surface area contributed by atoms with Crippen molar-refractivity contribution in [2.24, 2.45) is 23.3 Å². The van der Waals surface area contributed by atoms with Crippen LogP contribution in [0.2, 0.25) is 0 Å². The molecule has 4 atom stereocenters. The van der Waals surface area contributed by atoms with Gasteiger partial charge in [-0.3, -0.25) is 29.0 Å². The molecule has 0 saturated carbocycles. The van der Waals surface area contributed by atoms with Gasteiger partial charge in [-0.25, -0.2) is 0 Å². The van der Waals surface area contributed by atoms with Crippen molar-refractivity contribution in [3.05, 3.63) is 35.4 Å². The highest BCUT2D eigenvalue weighted by Crippen LogP contribution is 2.27. The van der Waals surface area contributed by atoms with Crippen molar-refractivity contribution >= 4 is 23.6 Å². The number of hydrogen-bond acceptors (Lipinski definition) is 6. The number of rotatable bonds is 8. The normalized spacial score (nSPS) is 28.1. The Balaban J connectivity index is 1.12. The van der Waals surface area contributed by atoms with Crippen LogP contribution in [-0.4, -0.2) is 94.6 Å². The third kappa shape index (κ3) is 6.49. The molecule has 4 saturated heterocycles. The summed E-state index contributed by atoms with van der Waals surface area (Å²) >= 11 is 0. The van der Waals surface area contributed by atoms with E-state index in [1.807, 2.05) is 0 Å². The van der Waals surface area contributed by atoms with E-state index in [-0.39, 0.29) is 23.7 Å². The number of carbonyl (C=O) groups excluding carboxylic acids is 4. The lowest BCUT2D eigenvalue weighted by atomic mass is 9.95. The maximum Gasteiger partial charge on any atom is 0.240 e. The predicted octanol–water partition coefficient (Wildman–Crippen LogP) is 1.06. The zero-order valence-corrected chi connectivity index (χ0v) is 23.5. The lowest BCUT2D eigenvalue weighted by Gasteiger charge is -2.35. The number of primary amides is 2. The fourth-order valence-corrected chi connectivity index (χ4v) is 7.19. The SMILES string of the molecule is NC(=O)C1CCCN1C(=O)C1CCCN(Cc2ccc(CN3CCCC(C(=O)N4CCCC4C(N)=O)C3)cc2)C1. The van der Waals surface area contributed by atoms with Gasteiger partial charge in [0, 0.05) is 39.3 Å². The maximum atomic E-state index is 13.2. The minimum absolute atomic E-state index is 0.0783. The van der Waals surface area contributed by atoms with Crippen LogP contribution >= 0.6 is 0 Å². The Morgan fingerprint density at radius 2 is 0.975 bits per heavy atom. The lowest BCUT2D eigenvalue weighted by molar-refractivity contribution is -0.142. The highest BCUT2D eigenvalue weighted by molar-refractivity contribution is 5.89. The molecule has 218 valence electrons. The molecule has 4 unspecified atom stereocenters. The Morgan fingerprint density at radius 3 is 1.35 bits per heavy atom. The number of nitrogens with zero attached hydrogens (tertiary/aromatic N) is 4. The van der Waals surface area contributed by atoms with Gasteiger partial charge in [0.05, 0.1) is 11.8 Å². The van der Waals surface area contributed by atoms with Crippen LogP contribution < -0.4 is 11.5 Å². The second-order valence-corrected chi connectivity index (χ2v) is 12.1. The van der Waals surface area contributed by atoms with Crippen molar-refractivity contribution in [1.82, 2.24) is 19.6 Å². The van der Waals surface area contributed by atoms with Crippen LogP contribution in [0.3, 0.4) is 0 Å². The van der Waals surface area contributed by atoms with E-state index in [0.29, 0.717) is 39.0 Å². The molecule has 4 amide bonds. The molecule has 4 heterocycles. The third-order valence-electron chi connectivity index (χ3n) is 9.27. The molecule has 4 N–H and O–H groups in total. The van der Waals surface area contributed by atoms with Gasteiger partial charge < -0.3 is 21.3 Å². The molecule has 0 radical (unpaired) electrons. The third-order valence-corrected chi connectivity index (χ3v) is 9.27. The van der Waals surface area contributed by atoms with E-state index in [1.54, 1.807) is 9.80 Å². The summed E-state index contributed by atoms with van der Waals surface area (Å²) in [5.74, 6) is -0.797. The van der Waals surface area contributed by atoms with Crippen LogP contribution in [0, 0.1) is 11.8 Å². The smallest absolute Gasteiger partial charge is 0.240 e. The highest BCUT2D eigenvalue weighted by Gasteiger charge is 2.38. The highest BCUT2D eigenvalue weighted by atomic mass is 16.2. The van der Waals surface area contributed by atoms with Gasteiger partial charge in [0.1, 0.15) is 12.1 Å². The Morgan fingerprint density at radius 1 is 0.600 bits per heavy atom. The van der Waals surface area contributed by atoms with Crippen LogP contribution in [0.1, 0.15) is 62.5 Å². The summed E-state index contributed by atoms with van der Waals surface area (Å²) < 4.78 is 0. The molecule has 40 heavy (non-hydrogen) atoms. The summed E-state index contributed by atoms with van der Waals surface area (Å²) in [5.41, 5.74) is 13.5. The van der Waals surface area contributed by atoms with Crippen LogP contribution in [0.5, 0.6) is 0 Å². The van der Waals surface area contributed by atoms with Crippen molar-refractivity contribution in [3.63, 3.8) is 0 Å². The van der Waals surface area contributed by atoms with E-state index in [0.717, 1.165) is 64.7 Å². The van der Waals surface area contributed by atoms with Crippen molar-refractivity contribution in [2.45, 2.75) is 76.5 Å². The second kappa shape index (κ2) is 12.7. The van der Waals surface area contributed by atoms with Crippen molar-refractivity contribution < 1.29 is 19.2 Å². The molecule has 10 heteroatoms. The maximum absolute atomic E-state index is 13.2. The van der Waals surface area contributed by atoms with Gasteiger partial charge in [-0.1, -0.05) is 24.3 Å². The average molecular weight is 553 g/mol. The van der Waals surface area contributed by atoms with Gasteiger partial charge in [0.2, 0.25) is 23.6 Å². The minimum atomic E-state index is -0.448. The van der Waals surface area contributed by atoms with Crippen LogP contribution in [0.15, 0.2) is 24.3 Å². The van der Waals surface area contributed by atoms with E-state index < -0.39 is 23.9 Å². The Labute approximate surface area is 237 Å². The molecular formula is C30H44N6O4. The van der Waals surface area contributed by atoms with Gasteiger partial charge in [0.25, 0.3) is 0 Å².